The van der Waals surface area contributed by atoms with Gasteiger partial charge in [0.25, 0.3) is 0 Å². The van der Waals surface area contributed by atoms with E-state index < -0.39 is 12.2 Å². The molecule has 2 heteroatoms. The zero-order valence-corrected chi connectivity index (χ0v) is 12.2. The summed E-state index contributed by atoms with van der Waals surface area (Å²) in [4.78, 5) is 0. The number of aliphatic hydroxyl groups is 2. The SMILES string of the molecule is C#CC(O)C#CC(O)CCCCCCCCCCC. The molecule has 0 spiro atoms. The van der Waals surface area contributed by atoms with E-state index in [9.17, 15) is 5.11 Å². The van der Waals surface area contributed by atoms with Gasteiger partial charge in [-0.3, -0.25) is 0 Å². The average molecular weight is 264 g/mol. The van der Waals surface area contributed by atoms with E-state index >= 15 is 0 Å². The summed E-state index contributed by atoms with van der Waals surface area (Å²) in [6, 6.07) is 0. The molecule has 2 nitrogen and oxygen atoms in total. The molecule has 0 saturated heterocycles. The van der Waals surface area contributed by atoms with E-state index in [0.717, 1.165) is 12.8 Å². The molecular formula is C17H28O2. The molecule has 0 aliphatic heterocycles. The lowest BCUT2D eigenvalue weighted by Gasteiger charge is -2.04. The predicted molar refractivity (Wildman–Crippen MR) is 80.5 cm³/mol. The fourth-order valence-corrected chi connectivity index (χ4v) is 1.94. The molecule has 0 aliphatic rings. The topological polar surface area (TPSA) is 40.5 Å². The standard InChI is InChI=1S/C17H28O2/c1-3-5-6-7-8-9-10-11-12-13-17(19)15-14-16(18)4-2/h2,16-19H,3,5-13H2,1H3. The van der Waals surface area contributed by atoms with E-state index in [0.29, 0.717) is 6.42 Å². The highest BCUT2D eigenvalue weighted by molar-refractivity contribution is 5.17. The Morgan fingerprint density at radius 1 is 0.842 bits per heavy atom. The van der Waals surface area contributed by atoms with Crippen LogP contribution in [-0.4, -0.2) is 22.4 Å². The Labute approximate surface area is 118 Å². The van der Waals surface area contributed by atoms with Crippen molar-refractivity contribution >= 4 is 0 Å². The molecule has 19 heavy (non-hydrogen) atoms. The van der Waals surface area contributed by atoms with Crippen LogP contribution in [0.3, 0.4) is 0 Å². The van der Waals surface area contributed by atoms with Gasteiger partial charge in [0.15, 0.2) is 6.10 Å². The molecule has 0 rings (SSSR count). The van der Waals surface area contributed by atoms with E-state index in [1.165, 1.54) is 44.9 Å². The van der Waals surface area contributed by atoms with Crippen molar-refractivity contribution in [3.63, 3.8) is 0 Å². The van der Waals surface area contributed by atoms with Crippen molar-refractivity contribution in [1.82, 2.24) is 0 Å². The first-order valence-corrected chi connectivity index (χ1v) is 7.54. The Balaban J connectivity index is 3.34. The molecule has 0 aromatic rings. The Kier molecular flexibility index (Phi) is 12.8. The summed E-state index contributed by atoms with van der Waals surface area (Å²) in [5.74, 6) is 7.10. The minimum Gasteiger partial charge on any atom is -0.380 e. The summed E-state index contributed by atoms with van der Waals surface area (Å²) in [6.07, 6.45) is 15.3. The van der Waals surface area contributed by atoms with E-state index in [4.69, 9.17) is 11.5 Å². The first-order valence-electron chi connectivity index (χ1n) is 7.54. The molecule has 2 atom stereocenters. The smallest absolute Gasteiger partial charge is 0.176 e. The molecule has 0 aromatic carbocycles. The second-order valence-corrected chi connectivity index (χ2v) is 4.99. The Morgan fingerprint density at radius 2 is 1.37 bits per heavy atom. The summed E-state index contributed by atoms with van der Waals surface area (Å²) >= 11 is 0. The van der Waals surface area contributed by atoms with Crippen LogP contribution in [0.1, 0.15) is 71.1 Å². The van der Waals surface area contributed by atoms with Crippen molar-refractivity contribution in [2.75, 3.05) is 0 Å². The molecule has 2 N–H and O–H groups in total. The van der Waals surface area contributed by atoms with Crippen LogP contribution >= 0.6 is 0 Å². The highest BCUT2D eigenvalue weighted by Gasteiger charge is 1.99. The van der Waals surface area contributed by atoms with Crippen molar-refractivity contribution in [3.8, 4) is 24.2 Å². The van der Waals surface area contributed by atoms with Crippen LogP contribution in [0.25, 0.3) is 0 Å². The quantitative estimate of drug-likeness (QED) is 0.469. The molecule has 2 unspecified atom stereocenters. The summed E-state index contributed by atoms with van der Waals surface area (Å²) in [5, 5.41) is 18.6. The van der Waals surface area contributed by atoms with E-state index in [1.54, 1.807) is 0 Å². The zero-order chi connectivity index (χ0) is 14.3. The molecule has 0 bridgehead atoms. The van der Waals surface area contributed by atoms with Crippen molar-refractivity contribution in [2.45, 2.75) is 83.3 Å². The molecule has 0 aliphatic carbocycles. The number of aliphatic hydroxyl groups excluding tert-OH is 2. The summed E-state index contributed by atoms with van der Waals surface area (Å²) in [7, 11) is 0. The third-order valence-corrected chi connectivity index (χ3v) is 3.13. The van der Waals surface area contributed by atoms with Crippen molar-refractivity contribution in [3.05, 3.63) is 0 Å². The maximum Gasteiger partial charge on any atom is 0.176 e. The zero-order valence-electron chi connectivity index (χ0n) is 12.2. The van der Waals surface area contributed by atoms with Crippen LogP contribution in [-0.2, 0) is 0 Å². The second-order valence-electron chi connectivity index (χ2n) is 4.99. The van der Waals surface area contributed by atoms with Crippen LogP contribution in [0.4, 0.5) is 0 Å². The van der Waals surface area contributed by atoms with Crippen LogP contribution in [0, 0.1) is 24.2 Å². The fraction of sp³-hybridized carbons (Fsp3) is 0.765. The lowest BCUT2D eigenvalue weighted by Crippen LogP contribution is -2.05. The molecule has 0 heterocycles. The van der Waals surface area contributed by atoms with Gasteiger partial charge in [-0.1, -0.05) is 76.1 Å². The lowest BCUT2D eigenvalue weighted by atomic mass is 10.1. The molecule has 0 radical (unpaired) electrons. The molecule has 0 aromatic heterocycles. The maximum absolute atomic E-state index is 9.54. The molecule has 0 fully saturated rings. The van der Waals surface area contributed by atoms with E-state index in [1.807, 2.05) is 0 Å². The van der Waals surface area contributed by atoms with Gasteiger partial charge in [0.2, 0.25) is 0 Å². The van der Waals surface area contributed by atoms with Gasteiger partial charge >= 0.3 is 0 Å². The number of hydrogen-bond acceptors (Lipinski definition) is 2. The minimum atomic E-state index is -1.06. The van der Waals surface area contributed by atoms with Gasteiger partial charge in [0.1, 0.15) is 6.10 Å². The van der Waals surface area contributed by atoms with Gasteiger partial charge < -0.3 is 10.2 Å². The Bertz CT molecular complexity index is 293. The highest BCUT2D eigenvalue weighted by Crippen LogP contribution is 2.11. The molecule has 0 amide bonds. The van der Waals surface area contributed by atoms with Gasteiger partial charge in [-0.25, -0.2) is 0 Å². The first-order chi connectivity index (χ1) is 9.20. The Hall–Kier alpha value is -0.960. The van der Waals surface area contributed by atoms with Gasteiger partial charge in [-0.15, -0.1) is 6.42 Å². The number of rotatable bonds is 10. The average Bonchev–Trinajstić information content (AvgIpc) is 2.42. The number of unbranched alkanes of at least 4 members (excludes halogenated alkanes) is 8. The summed E-state index contributed by atoms with van der Waals surface area (Å²) in [6.45, 7) is 2.23. The van der Waals surface area contributed by atoms with Crippen LogP contribution in [0.15, 0.2) is 0 Å². The van der Waals surface area contributed by atoms with Crippen molar-refractivity contribution in [2.24, 2.45) is 0 Å². The molecule has 108 valence electrons. The number of terminal acetylenes is 1. The van der Waals surface area contributed by atoms with Gasteiger partial charge in [-0.2, -0.15) is 0 Å². The summed E-state index contributed by atoms with van der Waals surface area (Å²) < 4.78 is 0. The largest absolute Gasteiger partial charge is 0.380 e. The van der Waals surface area contributed by atoms with Gasteiger partial charge in [-0.05, 0) is 12.8 Å². The van der Waals surface area contributed by atoms with Crippen LogP contribution in [0.5, 0.6) is 0 Å². The fourth-order valence-electron chi connectivity index (χ4n) is 1.94. The second kappa shape index (κ2) is 13.5. The predicted octanol–water partition coefficient (Wildman–Crippen LogP) is 3.27. The van der Waals surface area contributed by atoms with Crippen molar-refractivity contribution < 1.29 is 10.2 Å². The van der Waals surface area contributed by atoms with Gasteiger partial charge in [0, 0.05) is 0 Å². The van der Waals surface area contributed by atoms with E-state index in [-0.39, 0.29) is 0 Å². The normalized spacial score (nSPS) is 13.2. The van der Waals surface area contributed by atoms with Crippen LogP contribution in [0.2, 0.25) is 0 Å². The van der Waals surface area contributed by atoms with Crippen LogP contribution < -0.4 is 0 Å². The number of hydrogen-bond donors (Lipinski definition) is 2. The Morgan fingerprint density at radius 3 is 1.89 bits per heavy atom. The first kappa shape index (κ1) is 18.0. The highest BCUT2D eigenvalue weighted by atomic mass is 16.3. The third kappa shape index (κ3) is 13.3. The maximum atomic E-state index is 9.54. The summed E-state index contributed by atoms with van der Waals surface area (Å²) in [5.41, 5.74) is 0. The van der Waals surface area contributed by atoms with Crippen molar-refractivity contribution in [1.29, 1.82) is 0 Å². The third-order valence-electron chi connectivity index (χ3n) is 3.13. The lowest BCUT2D eigenvalue weighted by molar-refractivity contribution is 0.216. The monoisotopic (exact) mass is 264 g/mol. The minimum absolute atomic E-state index is 0.660. The molecule has 0 saturated carbocycles. The molecular weight excluding hydrogens is 236 g/mol. The van der Waals surface area contributed by atoms with Gasteiger partial charge in [0.05, 0.1) is 0 Å². The van der Waals surface area contributed by atoms with E-state index in [2.05, 4.69) is 24.7 Å².